The molecule has 0 aliphatic heterocycles. The van der Waals surface area contributed by atoms with Crippen LogP contribution in [-0.2, 0) is 0 Å². The van der Waals surface area contributed by atoms with Crippen molar-refractivity contribution >= 4 is 5.91 Å². The normalized spacial score (nSPS) is 13.6. The molecule has 15 heavy (non-hydrogen) atoms. The second kappa shape index (κ2) is 4.26. The fraction of sp³-hybridized carbons (Fsp3) is 0.500. The van der Waals surface area contributed by atoms with Crippen LogP contribution in [0.25, 0.3) is 0 Å². The van der Waals surface area contributed by atoms with Gasteiger partial charge in [0.25, 0.3) is 5.91 Å². The Kier molecular flexibility index (Phi) is 3.24. The highest BCUT2D eigenvalue weighted by atomic mass is 19.4. The largest absolute Gasteiger partial charge is 0.416 e. The monoisotopic (exact) mass is 224 g/mol. The first-order valence-corrected chi connectivity index (χ1v) is 3.80. The summed E-state index contributed by atoms with van der Waals surface area (Å²) in [5.41, 5.74) is -0.149. The third-order valence-electron chi connectivity index (χ3n) is 1.48. The van der Waals surface area contributed by atoms with Crippen LogP contribution in [0, 0.1) is 0 Å². The SMILES string of the molecule is O=C(NCC(O)C(F)(F)F)c1cn[nH]n1. The Bertz CT molecular complexity index is 324. The lowest BCUT2D eigenvalue weighted by Gasteiger charge is -2.14. The first-order chi connectivity index (χ1) is 6.91. The molecule has 6 nitrogen and oxygen atoms in total. The molecule has 0 saturated heterocycles. The lowest BCUT2D eigenvalue weighted by atomic mass is 10.3. The highest BCUT2D eigenvalue weighted by Crippen LogP contribution is 2.19. The van der Waals surface area contributed by atoms with Crippen molar-refractivity contribution in [2.45, 2.75) is 12.3 Å². The second-order valence-electron chi connectivity index (χ2n) is 2.62. The van der Waals surface area contributed by atoms with Gasteiger partial charge in [0.15, 0.2) is 11.8 Å². The molecule has 1 heterocycles. The summed E-state index contributed by atoms with van der Waals surface area (Å²) in [5.74, 6) is -0.841. The Labute approximate surface area is 81.5 Å². The zero-order valence-electron chi connectivity index (χ0n) is 7.25. The van der Waals surface area contributed by atoms with Gasteiger partial charge in [0.1, 0.15) is 0 Å². The highest BCUT2D eigenvalue weighted by Gasteiger charge is 2.38. The van der Waals surface area contributed by atoms with Gasteiger partial charge in [0.2, 0.25) is 0 Å². The fourth-order valence-electron chi connectivity index (χ4n) is 0.707. The molecule has 0 fully saturated rings. The van der Waals surface area contributed by atoms with E-state index < -0.39 is 24.7 Å². The number of H-pyrrole nitrogens is 1. The van der Waals surface area contributed by atoms with E-state index >= 15 is 0 Å². The van der Waals surface area contributed by atoms with Crippen LogP contribution >= 0.6 is 0 Å². The number of carbonyl (C=O) groups is 1. The van der Waals surface area contributed by atoms with E-state index in [0.29, 0.717) is 0 Å². The number of nitrogens with zero attached hydrogens (tertiary/aromatic N) is 2. The summed E-state index contributed by atoms with van der Waals surface area (Å²) >= 11 is 0. The predicted molar refractivity (Wildman–Crippen MR) is 40.8 cm³/mol. The molecule has 1 atom stereocenters. The van der Waals surface area contributed by atoms with Crippen LogP contribution in [0.5, 0.6) is 0 Å². The van der Waals surface area contributed by atoms with Gasteiger partial charge in [-0.25, -0.2) is 0 Å². The number of alkyl halides is 3. The average molecular weight is 224 g/mol. The third kappa shape index (κ3) is 3.20. The van der Waals surface area contributed by atoms with E-state index in [9.17, 15) is 18.0 Å². The molecule has 0 aliphatic carbocycles. The van der Waals surface area contributed by atoms with Gasteiger partial charge in [-0.05, 0) is 0 Å². The van der Waals surface area contributed by atoms with Gasteiger partial charge in [0, 0.05) is 0 Å². The number of aliphatic hydroxyl groups is 1. The Morgan fingerprint density at radius 2 is 2.33 bits per heavy atom. The van der Waals surface area contributed by atoms with Gasteiger partial charge in [-0.3, -0.25) is 4.79 Å². The van der Waals surface area contributed by atoms with E-state index in [1.54, 1.807) is 0 Å². The number of rotatable bonds is 3. The van der Waals surface area contributed by atoms with Crippen molar-refractivity contribution in [1.29, 1.82) is 0 Å². The average Bonchev–Trinajstić information content (AvgIpc) is 2.64. The Morgan fingerprint density at radius 3 is 2.80 bits per heavy atom. The molecule has 84 valence electrons. The van der Waals surface area contributed by atoms with Crippen LogP contribution in [0.15, 0.2) is 6.20 Å². The van der Waals surface area contributed by atoms with Crippen LogP contribution in [0.4, 0.5) is 13.2 Å². The molecule has 1 amide bonds. The minimum Gasteiger partial charge on any atom is -0.382 e. The van der Waals surface area contributed by atoms with Crippen molar-refractivity contribution in [3.05, 3.63) is 11.9 Å². The zero-order chi connectivity index (χ0) is 11.5. The number of hydrogen-bond donors (Lipinski definition) is 3. The first kappa shape index (κ1) is 11.4. The molecule has 0 spiro atoms. The lowest BCUT2D eigenvalue weighted by Crippen LogP contribution is -2.40. The maximum atomic E-state index is 11.8. The van der Waals surface area contributed by atoms with Crippen molar-refractivity contribution in [3.63, 3.8) is 0 Å². The number of aromatic nitrogens is 3. The number of aromatic amines is 1. The summed E-state index contributed by atoms with van der Waals surface area (Å²) in [5, 5.41) is 19.2. The van der Waals surface area contributed by atoms with E-state index in [2.05, 4.69) is 15.4 Å². The molecule has 3 N–H and O–H groups in total. The van der Waals surface area contributed by atoms with E-state index in [4.69, 9.17) is 5.11 Å². The molecule has 1 aromatic rings. The van der Waals surface area contributed by atoms with E-state index in [0.717, 1.165) is 6.20 Å². The Morgan fingerprint density at radius 1 is 1.67 bits per heavy atom. The molecule has 1 aromatic heterocycles. The van der Waals surface area contributed by atoms with Crippen LogP contribution in [0.1, 0.15) is 10.5 Å². The third-order valence-corrected chi connectivity index (χ3v) is 1.48. The van der Waals surface area contributed by atoms with Gasteiger partial charge < -0.3 is 10.4 Å². The smallest absolute Gasteiger partial charge is 0.382 e. The lowest BCUT2D eigenvalue weighted by molar-refractivity contribution is -0.201. The predicted octanol–water partition coefficient (Wildman–Crippen LogP) is -0.542. The molecule has 0 bridgehead atoms. The van der Waals surface area contributed by atoms with Crippen LogP contribution in [0.3, 0.4) is 0 Å². The minimum atomic E-state index is -4.75. The van der Waals surface area contributed by atoms with E-state index in [1.165, 1.54) is 0 Å². The summed E-state index contributed by atoms with van der Waals surface area (Å²) in [4.78, 5) is 11.0. The van der Waals surface area contributed by atoms with Crippen LogP contribution in [0.2, 0.25) is 0 Å². The number of hydrogen-bond acceptors (Lipinski definition) is 4. The number of halogens is 3. The number of nitrogens with one attached hydrogen (secondary N) is 2. The maximum Gasteiger partial charge on any atom is 0.416 e. The van der Waals surface area contributed by atoms with Crippen LogP contribution < -0.4 is 5.32 Å². The number of amides is 1. The second-order valence-corrected chi connectivity index (χ2v) is 2.62. The van der Waals surface area contributed by atoms with Gasteiger partial charge in [-0.2, -0.15) is 28.6 Å². The highest BCUT2D eigenvalue weighted by molar-refractivity contribution is 5.91. The zero-order valence-corrected chi connectivity index (χ0v) is 7.25. The molecule has 1 rings (SSSR count). The molecule has 0 aromatic carbocycles. The van der Waals surface area contributed by atoms with E-state index in [1.807, 2.05) is 5.32 Å². The van der Waals surface area contributed by atoms with E-state index in [-0.39, 0.29) is 5.69 Å². The van der Waals surface area contributed by atoms with Gasteiger partial charge >= 0.3 is 6.18 Å². The number of carbonyl (C=O) groups excluding carboxylic acids is 1. The molecule has 0 aliphatic rings. The summed E-state index contributed by atoms with van der Waals surface area (Å²) in [6, 6.07) is 0. The summed E-state index contributed by atoms with van der Waals surface area (Å²) in [6.07, 6.45) is -6.29. The quantitative estimate of drug-likeness (QED) is 0.642. The number of aliphatic hydroxyl groups excluding tert-OH is 1. The molecular formula is C6H7F3N4O2. The first-order valence-electron chi connectivity index (χ1n) is 3.80. The molecule has 1 unspecified atom stereocenters. The fourth-order valence-corrected chi connectivity index (χ4v) is 0.707. The van der Waals surface area contributed by atoms with Gasteiger partial charge in [-0.1, -0.05) is 0 Å². The van der Waals surface area contributed by atoms with Crippen LogP contribution in [-0.4, -0.2) is 45.2 Å². The maximum absolute atomic E-state index is 11.8. The molecular weight excluding hydrogens is 217 g/mol. The van der Waals surface area contributed by atoms with Crippen molar-refractivity contribution in [3.8, 4) is 0 Å². The Hall–Kier alpha value is -1.64. The summed E-state index contributed by atoms with van der Waals surface area (Å²) in [7, 11) is 0. The topological polar surface area (TPSA) is 90.9 Å². The van der Waals surface area contributed by atoms with Crippen molar-refractivity contribution < 1.29 is 23.1 Å². The Balaban J connectivity index is 2.42. The van der Waals surface area contributed by atoms with Gasteiger partial charge in [-0.15, -0.1) is 0 Å². The molecule has 0 saturated carbocycles. The van der Waals surface area contributed by atoms with Crippen molar-refractivity contribution in [2.24, 2.45) is 0 Å². The van der Waals surface area contributed by atoms with Gasteiger partial charge in [0.05, 0.1) is 12.7 Å². The van der Waals surface area contributed by atoms with Crippen molar-refractivity contribution in [2.75, 3.05) is 6.54 Å². The molecule has 0 radical (unpaired) electrons. The van der Waals surface area contributed by atoms with Crippen molar-refractivity contribution in [1.82, 2.24) is 20.7 Å². The summed E-state index contributed by atoms with van der Waals surface area (Å²) < 4.78 is 35.4. The summed E-state index contributed by atoms with van der Waals surface area (Å²) in [6.45, 7) is -0.921. The minimum absolute atomic E-state index is 0.149. The molecule has 9 heteroatoms. The standard InChI is InChI=1S/C6H7F3N4O2/c7-6(8,9)4(14)2-10-5(15)3-1-11-13-12-3/h1,4,14H,2H2,(H,10,15)(H,11,12,13).